The first kappa shape index (κ1) is 16.9. The number of fused-ring (bicyclic) bond motifs is 1. The van der Waals surface area contributed by atoms with Gasteiger partial charge in [0.15, 0.2) is 0 Å². The molecule has 1 amide bonds. The molecule has 6 heteroatoms. The van der Waals surface area contributed by atoms with Crippen molar-refractivity contribution in [3.05, 3.63) is 30.0 Å². The molecule has 1 heterocycles. The van der Waals surface area contributed by atoms with Gasteiger partial charge >= 0.3 is 5.97 Å². The number of methoxy groups -OCH3 is 1. The van der Waals surface area contributed by atoms with Crippen LogP contribution in [-0.4, -0.2) is 30.6 Å². The van der Waals surface area contributed by atoms with Crippen LogP contribution in [0.4, 0.5) is 0 Å². The Morgan fingerprint density at radius 3 is 2.83 bits per heavy atom. The average molecular weight is 319 g/mol. The Hall–Kier alpha value is -2.50. The molecule has 1 atom stereocenters. The zero-order valence-electron chi connectivity index (χ0n) is 13.3. The Bertz CT molecular complexity index is 691. The van der Waals surface area contributed by atoms with E-state index in [1.54, 1.807) is 25.5 Å². The zero-order valence-corrected chi connectivity index (χ0v) is 13.3. The van der Waals surface area contributed by atoms with Crippen molar-refractivity contribution < 1.29 is 23.8 Å². The second-order valence-corrected chi connectivity index (χ2v) is 5.43. The normalized spacial score (nSPS) is 12.1. The van der Waals surface area contributed by atoms with E-state index in [9.17, 15) is 9.59 Å². The van der Waals surface area contributed by atoms with Gasteiger partial charge in [0.2, 0.25) is 5.91 Å². The van der Waals surface area contributed by atoms with Gasteiger partial charge in [-0.25, -0.2) is 0 Å². The van der Waals surface area contributed by atoms with Gasteiger partial charge in [0, 0.05) is 23.6 Å². The molecule has 0 aliphatic heterocycles. The van der Waals surface area contributed by atoms with Crippen molar-refractivity contribution in [1.82, 2.24) is 5.32 Å². The number of ether oxygens (including phenoxy) is 1. The number of aliphatic carboxylic acids is 1. The van der Waals surface area contributed by atoms with E-state index in [1.165, 1.54) is 0 Å². The number of furan rings is 1. The first-order chi connectivity index (χ1) is 11.0. The van der Waals surface area contributed by atoms with Crippen LogP contribution >= 0.6 is 0 Å². The third-order valence-corrected chi connectivity index (χ3v) is 3.75. The van der Waals surface area contributed by atoms with Crippen LogP contribution in [0.3, 0.4) is 0 Å². The molecule has 0 aliphatic carbocycles. The molecule has 0 radical (unpaired) electrons. The van der Waals surface area contributed by atoms with E-state index in [0.29, 0.717) is 17.8 Å². The molecule has 0 fully saturated rings. The van der Waals surface area contributed by atoms with Crippen molar-refractivity contribution in [2.24, 2.45) is 5.92 Å². The quantitative estimate of drug-likeness (QED) is 0.780. The number of rotatable bonds is 8. The summed E-state index contributed by atoms with van der Waals surface area (Å²) in [6.45, 7) is 2.06. The van der Waals surface area contributed by atoms with Crippen molar-refractivity contribution in [3.8, 4) is 5.75 Å². The zero-order chi connectivity index (χ0) is 16.8. The number of carboxylic acids is 1. The van der Waals surface area contributed by atoms with Crippen LogP contribution in [0.15, 0.2) is 28.9 Å². The van der Waals surface area contributed by atoms with Gasteiger partial charge in [-0.3, -0.25) is 9.59 Å². The van der Waals surface area contributed by atoms with Crippen LogP contribution in [0.1, 0.15) is 25.3 Å². The Kier molecular flexibility index (Phi) is 5.62. The minimum absolute atomic E-state index is 0.144. The van der Waals surface area contributed by atoms with Crippen molar-refractivity contribution in [2.75, 3.05) is 13.7 Å². The fourth-order valence-electron chi connectivity index (χ4n) is 2.46. The number of carbonyl (C=O) groups excluding carboxylic acids is 1. The molecule has 0 spiro atoms. The highest BCUT2D eigenvalue weighted by Crippen LogP contribution is 2.25. The highest BCUT2D eigenvalue weighted by molar-refractivity contribution is 5.88. The molecule has 2 rings (SSSR count). The Balaban J connectivity index is 1.99. The lowest BCUT2D eigenvalue weighted by Gasteiger charge is -2.12. The maximum atomic E-state index is 12.0. The van der Waals surface area contributed by atoms with Crippen LogP contribution in [0.5, 0.6) is 5.75 Å². The van der Waals surface area contributed by atoms with Crippen LogP contribution in [0, 0.1) is 5.92 Å². The predicted octanol–water partition coefficient (Wildman–Crippen LogP) is 2.60. The molecule has 124 valence electrons. The molecular formula is C17H21NO5. The smallest absolute Gasteiger partial charge is 0.308 e. The minimum Gasteiger partial charge on any atom is -0.497 e. The Morgan fingerprint density at radius 2 is 2.17 bits per heavy atom. The molecule has 23 heavy (non-hydrogen) atoms. The number of carboxylic acid groups (broad SMARTS) is 1. The standard InChI is InChI=1S/C17H21NO5/c1-3-4-11(17(20)21)9-18-16(19)7-12-10-23-15-8-13(22-2)5-6-14(12)15/h5-6,8,10-11H,3-4,7,9H2,1-2H3,(H,18,19)(H,20,21). The Morgan fingerprint density at radius 1 is 1.39 bits per heavy atom. The third-order valence-electron chi connectivity index (χ3n) is 3.75. The van der Waals surface area contributed by atoms with Gasteiger partial charge in [0.1, 0.15) is 11.3 Å². The lowest BCUT2D eigenvalue weighted by atomic mass is 10.0. The number of carbonyl (C=O) groups is 2. The summed E-state index contributed by atoms with van der Waals surface area (Å²) in [4.78, 5) is 23.1. The molecule has 2 aromatic rings. The lowest BCUT2D eigenvalue weighted by molar-refractivity contribution is -0.141. The molecule has 1 aromatic carbocycles. The van der Waals surface area contributed by atoms with E-state index >= 15 is 0 Å². The summed E-state index contributed by atoms with van der Waals surface area (Å²) in [6.07, 6.45) is 3.01. The summed E-state index contributed by atoms with van der Waals surface area (Å²) in [7, 11) is 1.58. The van der Waals surface area contributed by atoms with E-state index in [4.69, 9.17) is 14.3 Å². The fraction of sp³-hybridized carbons (Fsp3) is 0.412. The van der Waals surface area contributed by atoms with Crippen molar-refractivity contribution in [2.45, 2.75) is 26.2 Å². The van der Waals surface area contributed by atoms with E-state index in [0.717, 1.165) is 17.4 Å². The molecule has 0 saturated carbocycles. The van der Waals surface area contributed by atoms with Gasteiger partial charge in [0.05, 0.1) is 25.7 Å². The fourth-order valence-corrected chi connectivity index (χ4v) is 2.46. The van der Waals surface area contributed by atoms with Gasteiger partial charge in [-0.2, -0.15) is 0 Å². The SMILES string of the molecule is CCCC(CNC(=O)Cc1coc2cc(OC)ccc12)C(=O)O. The second-order valence-electron chi connectivity index (χ2n) is 5.43. The van der Waals surface area contributed by atoms with Crippen LogP contribution in [0.2, 0.25) is 0 Å². The molecule has 0 bridgehead atoms. The van der Waals surface area contributed by atoms with Gasteiger partial charge in [-0.1, -0.05) is 13.3 Å². The van der Waals surface area contributed by atoms with E-state index in [-0.39, 0.29) is 18.9 Å². The van der Waals surface area contributed by atoms with Crippen molar-refractivity contribution in [3.63, 3.8) is 0 Å². The van der Waals surface area contributed by atoms with Gasteiger partial charge in [0.25, 0.3) is 0 Å². The maximum absolute atomic E-state index is 12.0. The van der Waals surface area contributed by atoms with Gasteiger partial charge in [-0.05, 0) is 18.6 Å². The van der Waals surface area contributed by atoms with Gasteiger partial charge < -0.3 is 19.6 Å². The summed E-state index contributed by atoms with van der Waals surface area (Å²) < 4.78 is 10.6. The average Bonchev–Trinajstić information content (AvgIpc) is 2.93. The van der Waals surface area contributed by atoms with E-state index in [2.05, 4.69) is 5.32 Å². The van der Waals surface area contributed by atoms with Crippen LogP contribution < -0.4 is 10.1 Å². The van der Waals surface area contributed by atoms with Crippen LogP contribution in [-0.2, 0) is 16.0 Å². The number of hydrogen-bond acceptors (Lipinski definition) is 4. The summed E-state index contributed by atoms with van der Waals surface area (Å²) in [6, 6.07) is 5.41. The molecule has 0 saturated heterocycles. The van der Waals surface area contributed by atoms with Crippen molar-refractivity contribution >= 4 is 22.8 Å². The predicted molar refractivity (Wildman–Crippen MR) is 85.5 cm³/mol. The number of hydrogen-bond donors (Lipinski definition) is 2. The largest absolute Gasteiger partial charge is 0.497 e. The summed E-state index contributed by atoms with van der Waals surface area (Å²) >= 11 is 0. The number of amides is 1. The molecule has 1 aromatic heterocycles. The van der Waals surface area contributed by atoms with Crippen molar-refractivity contribution in [1.29, 1.82) is 0 Å². The summed E-state index contributed by atoms with van der Waals surface area (Å²) in [5.41, 5.74) is 1.42. The lowest BCUT2D eigenvalue weighted by Crippen LogP contribution is -2.33. The molecule has 2 N–H and O–H groups in total. The Labute approximate surface area is 134 Å². The molecule has 1 unspecified atom stereocenters. The van der Waals surface area contributed by atoms with Gasteiger partial charge in [-0.15, -0.1) is 0 Å². The topological polar surface area (TPSA) is 88.8 Å². The monoisotopic (exact) mass is 319 g/mol. The van der Waals surface area contributed by atoms with E-state index < -0.39 is 11.9 Å². The molecular weight excluding hydrogens is 298 g/mol. The molecule has 6 nitrogen and oxygen atoms in total. The van der Waals surface area contributed by atoms with E-state index in [1.807, 2.05) is 13.0 Å². The first-order valence-corrected chi connectivity index (χ1v) is 7.58. The molecule has 0 aliphatic rings. The highest BCUT2D eigenvalue weighted by Gasteiger charge is 2.18. The highest BCUT2D eigenvalue weighted by atomic mass is 16.5. The number of nitrogens with one attached hydrogen (secondary N) is 1. The maximum Gasteiger partial charge on any atom is 0.308 e. The third kappa shape index (κ3) is 4.25. The summed E-state index contributed by atoms with van der Waals surface area (Å²) in [5.74, 6) is -0.958. The summed E-state index contributed by atoms with van der Waals surface area (Å²) in [5, 5.41) is 12.6. The minimum atomic E-state index is -0.881. The second kappa shape index (κ2) is 7.67. The number of benzene rings is 1. The first-order valence-electron chi connectivity index (χ1n) is 7.58. The van der Waals surface area contributed by atoms with Crippen LogP contribution in [0.25, 0.3) is 11.0 Å².